The van der Waals surface area contributed by atoms with Crippen molar-refractivity contribution in [3.63, 3.8) is 0 Å². The van der Waals surface area contributed by atoms with Crippen LogP contribution < -0.4 is 14.4 Å². The Hall–Kier alpha value is -3.32. The number of ether oxygens (including phenoxy) is 1. The van der Waals surface area contributed by atoms with Gasteiger partial charge in [-0.05, 0) is 69.3 Å². The number of carbonyl (C=O) groups excluding carboxylic acids is 1. The second-order valence-electron chi connectivity index (χ2n) is 7.17. The van der Waals surface area contributed by atoms with Gasteiger partial charge in [0, 0.05) is 5.69 Å². The van der Waals surface area contributed by atoms with E-state index in [9.17, 15) is 13.2 Å². The van der Waals surface area contributed by atoms with E-state index in [1.54, 1.807) is 36.4 Å². The summed E-state index contributed by atoms with van der Waals surface area (Å²) in [5.41, 5.74) is 3.08. The Morgan fingerprint density at radius 2 is 1.42 bits per heavy atom. The minimum atomic E-state index is -3.98. The SMILES string of the molecule is CCOc1ccc(S(=O)(=O)N(CC(=O)Nc2ccc(C)cc2)c2ccc(C)cc2)cc1. The molecule has 0 atom stereocenters. The van der Waals surface area contributed by atoms with Gasteiger partial charge < -0.3 is 10.1 Å². The molecule has 3 aromatic rings. The maximum atomic E-state index is 13.4. The maximum absolute atomic E-state index is 13.4. The number of rotatable bonds is 8. The van der Waals surface area contributed by atoms with Crippen molar-refractivity contribution in [3.8, 4) is 5.75 Å². The maximum Gasteiger partial charge on any atom is 0.264 e. The second kappa shape index (κ2) is 9.66. The third-order valence-corrected chi connectivity index (χ3v) is 6.46. The van der Waals surface area contributed by atoms with E-state index in [0.717, 1.165) is 15.4 Å². The van der Waals surface area contributed by atoms with E-state index in [-0.39, 0.29) is 11.4 Å². The van der Waals surface area contributed by atoms with Gasteiger partial charge in [0.15, 0.2) is 0 Å². The van der Waals surface area contributed by atoms with Gasteiger partial charge in [-0.1, -0.05) is 35.4 Å². The Kier molecular flexibility index (Phi) is 6.97. The van der Waals surface area contributed by atoms with Gasteiger partial charge in [0.2, 0.25) is 5.91 Å². The molecule has 3 rings (SSSR count). The van der Waals surface area contributed by atoms with Gasteiger partial charge in [-0.3, -0.25) is 9.10 Å². The summed E-state index contributed by atoms with van der Waals surface area (Å²) in [6.45, 7) is 5.86. The standard InChI is InChI=1S/C24H26N2O4S/c1-4-30-22-13-15-23(16-14-22)31(28,29)26(21-11-7-19(3)8-12-21)17-24(27)25-20-9-5-18(2)6-10-20/h5-16H,4,17H2,1-3H3,(H,25,27). The van der Waals surface area contributed by atoms with Crippen molar-refractivity contribution in [2.75, 3.05) is 22.8 Å². The van der Waals surface area contributed by atoms with E-state index in [1.807, 2.05) is 45.0 Å². The first-order valence-electron chi connectivity index (χ1n) is 9.98. The first kappa shape index (κ1) is 22.4. The minimum Gasteiger partial charge on any atom is -0.494 e. The average Bonchev–Trinajstić information content (AvgIpc) is 2.75. The van der Waals surface area contributed by atoms with Crippen LogP contribution in [0.4, 0.5) is 11.4 Å². The third kappa shape index (κ3) is 5.64. The molecule has 0 saturated heterocycles. The molecule has 0 unspecified atom stereocenters. The van der Waals surface area contributed by atoms with Crippen molar-refractivity contribution in [2.24, 2.45) is 0 Å². The van der Waals surface area contributed by atoms with Crippen LogP contribution in [0, 0.1) is 13.8 Å². The zero-order valence-electron chi connectivity index (χ0n) is 17.8. The lowest BCUT2D eigenvalue weighted by Crippen LogP contribution is -2.38. The van der Waals surface area contributed by atoms with Crippen molar-refractivity contribution in [2.45, 2.75) is 25.7 Å². The summed E-state index contributed by atoms with van der Waals surface area (Å²) in [6, 6.07) is 20.5. The van der Waals surface area contributed by atoms with E-state index >= 15 is 0 Å². The number of benzene rings is 3. The fraction of sp³-hybridized carbons (Fsp3) is 0.208. The normalized spacial score (nSPS) is 11.1. The highest BCUT2D eigenvalue weighted by Crippen LogP contribution is 2.25. The number of hydrogen-bond acceptors (Lipinski definition) is 4. The van der Waals surface area contributed by atoms with Crippen LogP contribution in [0.25, 0.3) is 0 Å². The van der Waals surface area contributed by atoms with Crippen molar-refractivity contribution >= 4 is 27.3 Å². The molecule has 0 aliphatic rings. The highest BCUT2D eigenvalue weighted by Gasteiger charge is 2.27. The number of aryl methyl sites for hydroxylation is 2. The number of nitrogens with zero attached hydrogens (tertiary/aromatic N) is 1. The summed E-state index contributed by atoms with van der Waals surface area (Å²) in [5, 5.41) is 2.77. The number of hydrogen-bond donors (Lipinski definition) is 1. The molecule has 31 heavy (non-hydrogen) atoms. The van der Waals surface area contributed by atoms with Gasteiger partial charge in [-0.2, -0.15) is 0 Å². The number of sulfonamides is 1. The van der Waals surface area contributed by atoms with Crippen molar-refractivity contribution in [3.05, 3.63) is 83.9 Å². The molecule has 7 heteroatoms. The molecule has 0 bridgehead atoms. The van der Waals surface area contributed by atoms with Crippen LogP contribution >= 0.6 is 0 Å². The summed E-state index contributed by atoms with van der Waals surface area (Å²) in [4.78, 5) is 12.8. The van der Waals surface area contributed by atoms with Crippen LogP contribution in [-0.2, 0) is 14.8 Å². The molecule has 0 radical (unpaired) electrons. The molecule has 0 aliphatic heterocycles. The van der Waals surface area contributed by atoms with Gasteiger partial charge in [0.25, 0.3) is 10.0 Å². The van der Waals surface area contributed by atoms with Crippen LogP contribution in [0.3, 0.4) is 0 Å². The second-order valence-corrected chi connectivity index (χ2v) is 9.03. The van der Waals surface area contributed by atoms with Gasteiger partial charge in [0.05, 0.1) is 17.2 Å². The summed E-state index contributed by atoms with van der Waals surface area (Å²) in [7, 11) is -3.98. The predicted molar refractivity (Wildman–Crippen MR) is 123 cm³/mol. The fourth-order valence-corrected chi connectivity index (χ4v) is 4.42. The highest BCUT2D eigenvalue weighted by molar-refractivity contribution is 7.92. The Balaban J connectivity index is 1.90. The Morgan fingerprint density at radius 1 is 0.871 bits per heavy atom. The molecule has 0 fully saturated rings. The van der Waals surface area contributed by atoms with E-state index in [0.29, 0.717) is 23.7 Å². The number of amides is 1. The number of nitrogens with one attached hydrogen (secondary N) is 1. The lowest BCUT2D eigenvalue weighted by atomic mass is 10.2. The molecule has 0 saturated carbocycles. The molecule has 162 valence electrons. The summed E-state index contributed by atoms with van der Waals surface area (Å²) >= 11 is 0. The molecular formula is C24H26N2O4S. The molecule has 3 aromatic carbocycles. The Bertz CT molecular complexity index is 1120. The fourth-order valence-electron chi connectivity index (χ4n) is 3.00. The quantitative estimate of drug-likeness (QED) is 0.560. The largest absolute Gasteiger partial charge is 0.494 e. The van der Waals surface area contributed by atoms with E-state index in [1.165, 1.54) is 12.1 Å². The molecule has 0 spiro atoms. The first-order valence-corrected chi connectivity index (χ1v) is 11.4. The van der Waals surface area contributed by atoms with Crippen LogP contribution in [-0.4, -0.2) is 27.5 Å². The summed E-state index contributed by atoms with van der Waals surface area (Å²) in [6.07, 6.45) is 0. The molecule has 1 amide bonds. The molecule has 1 N–H and O–H groups in total. The topological polar surface area (TPSA) is 75.7 Å². The lowest BCUT2D eigenvalue weighted by molar-refractivity contribution is -0.114. The highest BCUT2D eigenvalue weighted by atomic mass is 32.2. The van der Waals surface area contributed by atoms with E-state index < -0.39 is 15.9 Å². The van der Waals surface area contributed by atoms with Gasteiger partial charge in [-0.15, -0.1) is 0 Å². The van der Waals surface area contributed by atoms with Crippen LogP contribution in [0.5, 0.6) is 5.75 Å². The summed E-state index contributed by atoms with van der Waals surface area (Å²) < 4.78 is 33.4. The first-order chi connectivity index (χ1) is 14.8. The van der Waals surface area contributed by atoms with Crippen LogP contribution in [0.2, 0.25) is 0 Å². The Labute approximate surface area is 183 Å². The van der Waals surface area contributed by atoms with E-state index in [4.69, 9.17) is 4.74 Å². The smallest absolute Gasteiger partial charge is 0.264 e. The van der Waals surface area contributed by atoms with Crippen LogP contribution in [0.15, 0.2) is 77.7 Å². The molecule has 0 heterocycles. The van der Waals surface area contributed by atoms with Gasteiger partial charge >= 0.3 is 0 Å². The molecule has 0 aromatic heterocycles. The van der Waals surface area contributed by atoms with Gasteiger partial charge in [-0.25, -0.2) is 8.42 Å². The Morgan fingerprint density at radius 3 is 1.97 bits per heavy atom. The number of anilines is 2. The number of carbonyl (C=O) groups is 1. The van der Waals surface area contributed by atoms with Crippen molar-refractivity contribution in [1.29, 1.82) is 0 Å². The third-order valence-electron chi connectivity index (χ3n) is 4.67. The zero-order chi connectivity index (χ0) is 22.4. The monoisotopic (exact) mass is 438 g/mol. The van der Waals surface area contributed by atoms with Gasteiger partial charge in [0.1, 0.15) is 12.3 Å². The molecule has 6 nitrogen and oxygen atoms in total. The minimum absolute atomic E-state index is 0.0830. The predicted octanol–water partition coefficient (Wildman–Crippen LogP) is 4.54. The molecule has 0 aliphatic carbocycles. The van der Waals surface area contributed by atoms with Crippen LogP contribution in [0.1, 0.15) is 18.1 Å². The molecular weight excluding hydrogens is 412 g/mol. The van der Waals surface area contributed by atoms with Crippen molar-refractivity contribution < 1.29 is 17.9 Å². The zero-order valence-corrected chi connectivity index (χ0v) is 18.6. The summed E-state index contributed by atoms with van der Waals surface area (Å²) in [5.74, 6) is 0.152. The average molecular weight is 439 g/mol. The van der Waals surface area contributed by atoms with E-state index in [2.05, 4.69) is 5.32 Å². The lowest BCUT2D eigenvalue weighted by Gasteiger charge is -2.24. The van der Waals surface area contributed by atoms with Crippen molar-refractivity contribution in [1.82, 2.24) is 0 Å².